The first-order valence-corrected chi connectivity index (χ1v) is 11.3. The van der Waals surface area contributed by atoms with Crippen LogP contribution in [0, 0.1) is 9.86 Å². The van der Waals surface area contributed by atoms with Gasteiger partial charge in [0.05, 0.1) is 0 Å². The van der Waals surface area contributed by atoms with Crippen LogP contribution in [0.1, 0.15) is 5.56 Å². The summed E-state index contributed by atoms with van der Waals surface area (Å²) < 4.78 is 6.47. The summed E-state index contributed by atoms with van der Waals surface area (Å²) >= 11 is -2.14. The first kappa shape index (κ1) is 14.0. The Morgan fingerprint density at radius 3 is 1.43 bits per heavy atom. The molecule has 0 aliphatic rings. The van der Waals surface area contributed by atoms with Gasteiger partial charge >= 0.3 is 133 Å². The van der Waals surface area contributed by atoms with E-state index in [-0.39, 0.29) is 0 Å². The number of rotatable bonds is 2. The molecule has 0 nitrogen and oxygen atoms in total. The molecule has 0 saturated heterocycles. The fourth-order valence-corrected chi connectivity index (χ4v) is 7.72. The van der Waals surface area contributed by atoms with E-state index in [1.165, 1.54) is 7.16 Å². The van der Waals surface area contributed by atoms with Crippen LogP contribution in [0.25, 0.3) is 0 Å². The van der Waals surface area contributed by atoms with E-state index in [1.54, 1.807) is 0 Å². The Kier molecular flexibility index (Phi) is 4.76. The molecule has 0 aliphatic carbocycles. The van der Waals surface area contributed by atoms with Gasteiger partial charge in [0.1, 0.15) is 0 Å². The second-order valence-electron chi connectivity index (χ2n) is 4.72. The number of hydrogen-bond donors (Lipinski definition) is 0. The van der Waals surface area contributed by atoms with Gasteiger partial charge in [-0.25, -0.2) is 0 Å². The van der Waals surface area contributed by atoms with E-state index in [0.717, 1.165) is 5.56 Å². The first-order valence-electron chi connectivity index (χ1n) is 6.98. The molecule has 3 rings (SSSR count). The Morgan fingerprint density at radius 2 is 0.952 bits per heavy atom. The van der Waals surface area contributed by atoms with Gasteiger partial charge in [-0.3, -0.25) is 0 Å². The molecule has 0 aliphatic heterocycles. The molecule has 1 radical (unpaired) electrons. The van der Waals surface area contributed by atoms with Crippen LogP contribution < -0.4 is 7.16 Å². The minimum absolute atomic E-state index is 1.10. The maximum absolute atomic E-state index is 3.62. The monoisotopic (exact) mass is 375 g/mol. The van der Waals surface area contributed by atoms with Crippen molar-refractivity contribution in [3.8, 4) is 9.86 Å². The summed E-state index contributed by atoms with van der Waals surface area (Å²) in [5.41, 5.74) is 1.10. The van der Waals surface area contributed by atoms with Crippen molar-refractivity contribution in [3.63, 3.8) is 0 Å². The van der Waals surface area contributed by atoms with Crippen molar-refractivity contribution in [2.24, 2.45) is 0 Å². The summed E-state index contributed by atoms with van der Waals surface area (Å²) in [6, 6.07) is 31.7. The van der Waals surface area contributed by atoms with Crippen LogP contribution in [-0.2, 0) is 0 Å². The fraction of sp³-hybridized carbons (Fsp3) is 0. The molecular weight excluding hydrogens is 359 g/mol. The average Bonchev–Trinajstić information content (AvgIpc) is 2.58. The van der Waals surface area contributed by atoms with Crippen molar-refractivity contribution in [2.45, 2.75) is 0 Å². The summed E-state index contributed by atoms with van der Waals surface area (Å²) in [5, 5.41) is 0. The zero-order chi connectivity index (χ0) is 14.3. The summed E-state index contributed by atoms with van der Waals surface area (Å²) in [7, 11) is 0. The summed E-state index contributed by atoms with van der Waals surface area (Å²) in [6.07, 6.45) is 0. The predicted molar refractivity (Wildman–Crippen MR) is 91.2 cm³/mol. The summed E-state index contributed by atoms with van der Waals surface area (Å²) in [4.78, 5) is 0. The molecular formula is C20H15Sn. The molecule has 3 aromatic rings. The van der Waals surface area contributed by atoms with Crippen molar-refractivity contribution >= 4 is 26.9 Å². The molecule has 21 heavy (non-hydrogen) atoms. The molecule has 3 aromatic carbocycles. The van der Waals surface area contributed by atoms with Crippen molar-refractivity contribution in [3.05, 3.63) is 96.6 Å². The molecule has 0 unspecified atom stereocenters. The average molecular weight is 374 g/mol. The Morgan fingerprint density at radius 1 is 0.524 bits per heavy atom. The third-order valence-electron chi connectivity index (χ3n) is 3.23. The fourth-order valence-electron chi connectivity index (χ4n) is 2.18. The molecule has 1 heteroatoms. The van der Waals surface area contributed by atoms with Crippen LogP contribution in [-0.4, -0.2) is 19.8 Å². The minimum atomic E-state index is -2.14. The molecule has 0 bridgehead atoms. The Balaban J connectivity index is 2.00. The molecule has 99 valence electrons. The first-order chi connectivity index (χ1) is 10.4. The van der Waals surface area contributed by atoms with Crippen LogP contribution in [0.3, 0.4) is 0 Å². The van der Waals surface area contributed by atoms with Crippen LogP contribution >= 0.6 is 0 Å². The van der Waals surface area contributed by atoms with E-state index in [9.17, 15) is 0 Å². The molecule has 0 fully saturated rings. The summed E-state index contributed by atoms with van der Waals surface area (Å²) in [5.74, 6) is 3.38. The second-order valence-corrected chi connectivity index (χ2v) is 10.9. The van der Waals surface area contributed by atoms with Gasteiger partial charge in [0, 0.05) is 0 Å². The van der Waals surface area contributed by atoms with Gasteiger partial charge in [-0.1, -0.05) is 0 Å². The van der Waals surface area contributed by atoms with Crippen LogP contribution in [0.4, 0.5) is 0 Å². The van der Waals surface area contributed by atoms with E-state index in [1.807, 2.05) is 18.2 Å². The van der Waals surface area contributed by atoms with Gasteiger partial charge < -0.3 is 0 Å². The van der Waals surface area contributed by atoms with Gasteiger partial charge in [-0.05, 0) is 0 Å². The number of benzene rings is 3. The van der Waals surface area contributed by atoms with Crippen molar-refractivity contribution in [1.82, 2.24) is 0 Å². The van der Waals surface area contributed by atoms with Gasteiger partial charge in [0.15, 0.2) is 0 Å². The zero-order valence-electron chi connectivity index (χ0n) is 11.7. The van der Waals surface area contributed by atoms with Crippen molar-refractivity contribution in [1.29, 1.82) is 0 Å². The van der Waals surface area contributed by atoms with E-state index in [4.69, 9.17) is 0 Å². The molecule has 0 saturated carbocycles. The van der Waals surface area contributed by atoms with Gasteiger partial charge in [0.2, 0.25) is 0 Å². The SMILES string of the molecule is C(#[C][Sn]([c]1ccccc1)[c]1ccccc1)c1ccccc1. The topological polar surface area (TPSA) is 0 Å². The molecule has 0 atom stereocenters. The second kappa shape index (κ2) is 7.15. The zero-order valence-corrected chi connectivity index (χ0v) is 14.5. The number of hydrogen-bond acceptors (Lipinski definition) is 0. The third kappa shape index (κ3) is 3.77. The molecule has 0 aromatic heterocycles. The molecule has 0 amide bonds. The maximum atomic E-state index is 3.62. The normalized spacial score (nSPS) is 9.95. The van der Waals surface area contributed by atoms with E-state index in [2.05, 4.69) is 82.7 Å². The Bertz CT molecular complexity index is 698. The van der Waals surface area contributed by atoms with Gasteiger partial charge in [-0.15, -0.1) is 0 Å². The van der Waals surface area contributed by atoms with Gasteiger partial charge in [-0.2, -0.15) is 0 Å². The molecule has 0 N–H and O–H groups in total. The Labute approximate surface area is 133 Å². The van der Waals surface area contributed by atoms with Crippen LogP contribution in [0.15, 0.2) is 91.0 Å². The quantitative estimate of drug-likeness (QED) is 0.478. The van der Waals surface area contributed by atoms with E-state index >= 15 is 0 Å². The Hall–Kier alpha value is -1.98. The van der Waals surface area contributed by atoms with Crippen LogP contribution in [0.2, 0.25) is 0 Å². The van der Waals surface area contributed by atoms with E-state index in [0.29, 0.717) is 0 Å². The molecule has 0 heterocycles. The van der Waals surface area contributed by atoms with Crippen molar-refractivity contribution in [2.75, 3.05) is 0 Å². The van der Waals surface area contributed by atoms with Gasteiger partial charge in [0.25, 0.3) is 0 Å². The van der Waals surface area contributed by atoms with Crippen LogP contribution in [0.5, 0.6) is 0 Å². The van der Waals surface area contributed by atoms with Crippen molar-refractivity contribution < 1.29 is 0 Å². The van der Waals surface area contributed by atoms with E-state index < -0.39 is 19.8 Å². The predicted octanol–water partition coefficient (Wildman–Crippen LogP) is 2.89. The molecule has 0 spiro atoms. The summed E-state index contributed by atoms with van der Waals surface area (Å²) in [6.45, 7) is 0. The standard InChI is InChI=1S/C8H5.2C6H5.Sn/c1-2-8-6-4-3-5-7-8;2*1-2-4-6-5-3-1;/h3-7H;2*1-5H;. The third-order valence-corrected chi connectivity index (χ3v) is 9.50.